The number of aryl methyl sites for hydroxylation is 2. The van der Waals surface area contributed by atoms with Gasteiger partial charge in [0, 0.05) is 0 Å². The molecule has 2 heterocycles. The van der Waals surface area contributed by atoms with Crippen LogP contribution in [0.4, 0.5) is 0 Å². The van der Waals surface area contributed by atoms with Crippen LogP contribution in [-0.4, -0.2) is 36.6 Å². The Hall–Kier alpha value is -3.03. The Morgan fingerprint density at radius 3 is 2.71 bits per heavy atom. The molecule has 0 amide bonds. The minimum atomic E-state index is -1.03. The van der Waals surface area contributed by atoms with E-state index in [4.69, 9.17) is 4.52 Å². The maximum absolute atomic E-state index is 11.5. The number of nitrogens with zero attached hydrogens (tertiary/aromatic N) is 4. The van der Waals surface area contributed by atoms with Crippen LogP contribution in [0.25, 0.3) is 23.0 Å². The smallest absolute Gasteiger partial charge is 0.336 e. The minimum Gasteiger partial charge on any atom is -0.478 e. The summed E-state index contributed by atoms with van der Waals surface area (Å²) in [6.45, 7) is 3.52. The Bertz CT molecular complexity index is 807. The highest BCUT2D eigenvalue weighted by Gasteiger charge is 2.22. The van der Waals surface area contributed by atoms with Crippen LogP contribution in [0.1, 0.15) is 21.5 Å². The largest absolute Gasteiger partial charge is 0.478 e. The van der Waals surface area contributed by atoms with Gasteiger partial charge in [0.25, 0.3) is 5.89 Å². The Morgan fingerprint density at radius 1 is 1.29 bits per heavy atom. The highest BCUT2D eigenvalue weighted by Crippen LogP contribution is 2.29. The number of H-pyrrole nitrogens is 1. The van der Waals surface area contributed by atoms with Crippen molar-refractivity contribution in [2.45, 2.75) is 13.8 Å². The summed E-state index contributed by atoms with van der Waals surface area (Å²) in [6.07, 6.45) is 1.45. The van der Waals surface area contributed by atoms with Gasteiger partial charge in [-0.05, 0) is 25.0 Å². The molecule has 2 aromatic heterocycles. The molecule has 8 nitrogen and oxygen atoms in total. The predicted molar refractivity (Wildman–Crippen MR) is 71.5 cm³/mol. The molecule has 8 heteroatoms. The molecule has 0 aliphatic rings. The molecule has 0 fully saturated rings. The van der Waals surface area contributed by atoms with Gasteiger partial charge in [0.05, 0.1) is 17.3 Å². The number of hydrogen-bond acceptors (Lipinski definition) is 6. The molecular weight excluding hydrogens is 274 g/mol. The number of rotatable bonds is 3. The summed E-state index contributed by atoms with van der Waals surface area (Å²) in [5.74, 6) is -0.644. The SMILES string of the molecule is Cc1ccc(C)c(-c2nc(-c3cn[nH]n3)no2)c1C(=O)O. The zero-order valence-corrected chi connectivity index (χ0v) is 11.3. The molecule has 0 aliphatic carbocycles. The van der Waals surface area contributed by atoms with Crippen LogP contribution in [-0.2, 0) is 0 Å². The van der Waals surface area contributed by atoms with Crippen LogP contribution < -0.4 is 0 Å². The van der Waals surface area contributed by atoms with Crippen LogP contribution in [0, 0.1) is 13.8 Å². The van der Waals surface area contributed by atoms with E-state index in [0.29, 0.717) is 16.8 Å². The second-order valence-electron chi connectivity index (χ2n) is 4.53. The number of nitrogens with one attached hydrogen (secondary N) is 1. The molecule has 3 rings (SSSR count). The Labute approximate surface area is 118 Å². The molecule has 3 aromatic rings. The molecule has 106 valence electrons. The van der Waals surface area contributed by atoms with E-state index in [-0.39, 0.29) is 17.3 Å². The zero-order valence-electron chi connectivity index (χ0n) is 11.3. The normalized spacial score (nSPS) is 10.8. The van der Waals surface area contributed by atoms with E-state index in [2.05, 4.69) is 25.6 Å². The van der Waals surface area contributed by atoms with Crippen molar-refractivity contribution in [3.05, 3.63) is 35.0 Å². The van der Waals surface area contributed by atoms with E-state index in [0.717, 1.165) is 5.56 Å². The number of carbonyl (C=O) groups is 1. The van der Waals surface area contributed by atoms with Crippen molar-refractivity contribution in [3.63, 3.8) is 0 Å². The number of benzene rings is 1. The summed E-state index contributed by atoms with van der Waals surface area (Å²) in [5, 5.41) is 23.2. The summed E-state index contributed by atoms with van der Waals surface area (Å²) >= 11 is 0. The van der Waals surface area contributed by atoms with Crippen LogP contribution in [0.5, 0.6) is 0 Å². The van der Waals surface area contributed by atoms with Crippen molar-refractivity contribution in [2.24, 2.45) is 0 Å². The van der Waals surface area contributed by atoms with Gasteiger partial charge in [-0.2, -0.15) is 20.4 Å². The van der Waals surface area contributed by atoms with Crippen molar-refractivity contribution in [3.8, 4) is 23.0 Å². The van der Waals surface area contributed by atoms with Gasteiger partial charge in [-0.3, -0.25) is 0 Å². The second kappa shape index (κ2) is 4.82. The van der Waals surface area contributed by atoms with Crippen molar-refractivity contribution in [1.82, 2.24) is 25.6 Å². The van der Waals surface area contributed by atoms with Crippen LogP contribution in [0.3, 0.4) is 0 Å². The van der Waals surface area contributed by atoms with Crippen LogP contribution >= 0.6 is 0 Å². The Balaban J connectivity index is 2.17. The lowest BCUT2D eigenvalue weighted by Gasteiger charge is -2.08. The first-order chi connectivity index (χ1) is 10.1. The molecule has 0 atom stereocenters. The van der Waals surface area contributed by atoms with Crippen molar-refractivity contribution >= 4 is 5.97 Å². The number of carboxylic acids is 1. The minimum absolute atomic E-state index is 0.145. The van der Waals surface area contributed by atoms with Crippen LogP contribution in [0.15, 0.2) is 22.9 Å². The van der Waals surface area contributed by atoms with Gasteiger partial charge in [0.1, 0.15) is 0 Å². The summed E-state index contributed by atoms with van der Waals surface area (Å²) in [6, 6.07) is 3.56. The van der Waals surface area contributed by atoms with E-state index >= 15 is 0 Å². The second-order valence-corrected chi connectivity index (χ2v) is 4.53. The van der Waals surface area contributed by atoms with Crippen molar-refractivity contribution in [1.29, 1.82) is 0 Å². The highest BCUT2D eigenvalue weighted by atomic mass is 16.5. The molecule has 0 radical (unpaired) electrons. The summed E-state index contributed by atoms with van der Waals surface area (Å²) in [5.41, 5.74) is 2.37. The number of aromatic carboxylic acids is 1. The molecule has 0 saturated heterocycles. The van der Waals surface area contributed by atoms with Crippen LogP contribution in [0.2, 0.25) is 0 Å². The number of aromatic nitrogens is 5. The fraction of sp³-hybridized carbons (Fsp3) is 0.154. The monoisotopic (exact) mass is 285 g/mol. The lowest BCUT2D eigenvalue weighted by molar-refractivity contribution is 0.0696. The average Bonchev–Trinajstić information content (AvgIpc) is 3.10. The van der Waals surface area contributed by atoms with E-state index in [1.807, 2.05) is 6.07 Å². The molecule has 1 aromatic carbocycles. The van der Waals surface area contributed by atoms with Gasteiger partial charge in [-0.1, -0.05) is 17.3 Å². The van der Waals surface area contributed by atoms with Crippen molar-refractivity contribution in [2.75, 3.05) is 0 Å². The topological polar surface area (TPSA) is 118 Å². The van der Waals surface area contributed by atoms with Gasteiger partial charge >= 0.3 is 5.97 Å². The maximum atomic E-state index is 11.5. The zero-order chi connectivity index (χ0) is 15.0. The first-order valence-corrected chi connectivity index (χ1v) is 6.11. The Kier molecular flexibility index (Phi) is 2.98. The lowest BCUT2D eigenvalue weighted by Crippen LogP contribution is -2.04. The average molecular weight is 285 g/mol. The van der Waals surface area contributed by atoms with E-state index in [1.165, 1.54) is 6.20 Å². The van der Waals surface area contributed by atoms with E-state index in [1.54, 1.807) is 19.9 Å². The van der Waals surface area contributed by atoms with Gasteiger partial charge in [0.15, 0.2) is 5.69 Å². The Morgan fingerprint density at radius 2 is 2.05 bits per heavy atom. The first kappa shape index (κ1) is 13.0. The molecule has 0 saturated carbocycles. The molecule has 0 aliphatic heterocycles. The fourth-order valence-electron chi connectivity index (χ4n) is 2.10. The third kappa shape index (κ3) is 2.16. The van der Waals surface area contributed by atoms with Gasteiger partial charge in [0.2, 0.25) is 5.82 Å². The molecule has 0 spiro atoms. The molecule has 21 heavy (non-hydrogen) atoms. The number of hydrogen-bond donors (Lipinski definition) is 2. The van der Waals surface area contributed by atoms with E-state index < -0.39 is 5.97 Å². The molecule has 0 bridgehead atoms. The van der Waals surface area contributed by atoms with Gasteiger partial charge in [-0.15, -0.1) is 0 Å². The molecular formula is C13H11N5O3. The quantitative estimate of drug-likeness (QED) is 0.753. The van der Waals surface area contributed by atoms with Gasteiger partial charge < -0.3 is 9.63 Å². The standard InChI is InChI=1S/C13H11N5O3/c1-6-3-4-7(2)10(13(19)20)9(6)12-15-11(17-21-12)8-5-14-18-16-8/h3-5H,1-2H3,(H,19,20)(H,14,16,18). The highest BCUT2D eigenvalue weighted by molar-refractivity contribution is 5.97. The maximum Gasteiger partial charge on any atom is 0.336 e. The third-order valence-electron chi connectivity index (χ3n) is 3.12. The number of carboxylic acid groups (broad SMARTS) is 1. The van der Waals surface area contributed by atoms with Crippen molar-refractivity contribution < 1.29 is 14.4 Å². The third-order valence-corrected chi connectivity index (χ3v) is 3.12. The predicted octanol–water partition coefficient (Wildman–Crippen LogP) is 1.84. The summed E-state index contributed by atoms with van der Waals surface area (Å²) in [7, 11) is 0. The summed E-state index contributed by atoms with van der Waals surface area (Å²) < 4.78 is 5.20. The van der Waals surface area contributed by atoms with Gasteiger partial charge in [-0.25, -0.2) is 4.79 Å². The summed E-state index contributed by atoms with van der Waals surface area (Å²) in [4.78, 5) is 15.7. The lowest BCUT2D eigenvalue weighted by atomic mass is 9.97. The van der Waals surface area contributed by atoms with E-state index in [9.17, 15) is 9.90 Å². The molecule has 2 N–H and O–H groups in total. The first-order valence-electron chi connectivity index (χ1n) is 6.11. The number of aromatic amines is 1. The molecule has 0 unspecified atom stereocenters. The fourth-order valence-corrected chi connectivity index (χ4v) is 2.10.